The summed E-state index contributed by atoms with van der Waals surface area (Å²) in [5, 5.41) is 6.44. The molecule has 31 heavy (non-hydrogen) atoms. The Balaban J connectivity index is 1.73. The minimum atomic E-state index is 0.0720. The first-order valence-electron chi connectivity index (χ1n) is 11.2. The number of benzene rings is 1. The van der Waals surface area contributed by atoms with Crippen LogP contribution >= 0.6 is 11.3 Å². The van der Waals surface area contributed by atoms with Crippen LogP contribution in [0, 0.1) is 5.92 Å². The van der Waals surface area contributed by atoms with Crippen molar-refractivity contribution in [3.63, 3.8) is 0 Å². The highest BCUT2D eigenvalue weighted by molar-refractivity contribution is 7.12. The molecule has 6 heteroatoms. The van der Waals surface area contributed by atoms with Crippen molar-refractivity contribution >= 4 is 23.1 Å². The second-order valence-corrected chi connectivity index (χ2v) is 9.47. The minimum absolute atomic E-state index is 0.0720. The molecule has 0 radical (unpaired) electrons. The molecule has 1 aliphatic rings. The van der Waals surface area contributed by atoms with Crippen LogP contribution in [0.25, 0.3) is 11.3 Å². The molecule has 1 amide bonds. The molecule has 0 bridgehead atoms. The van der Waals surface area contributed by atoms with Crippen LogP contribution in [0.2, 0.25) is 0 Å². The molecule has 0 unspecified atom stereocenters. The Labute approximate surface area is 188 Å². The van der Waals surface area contributed by atoms with Gasteiger partial charge in [0.05, 0.1) is 17.0 Å². The number of piperidine rings is 1. The van der Waals surface area contributed by atoms with Crippen molar-refractivity contribution in [1.29, 1.82) is 0 Å². The largest absolute Gasteiger partial charge is 0.340 e. The molecule has 4 rings (SSSR count). The highest BCUT2D eigenvalue weighted by atomic mass is 32.1. The fourth-order valence-electron chi connectivity index (χ4n) is 4.09. The molecule has 1 aromatic carbocycles. The van der Waals surface area contributed by atoms with Gasteiger partial charge in [-0.3, -0.25) is 4.79 Å². The summed E-state index contributed by atoms with van der Waals surface area (Å²) in [5.74, 6) is 1.62. The molecular weight excluding hydrogens is 406 g/mol. The van der Waals surface area contributed by atoms with E-state index in [0.717, 1.165) is 65.9 Å². The van der Waals surface area contributed by atoms with Crippen LogP contribution in [-0.4, -0.2) is 35.1 Å². The van der Waals surface area contributed by atoms with Crippen LogP contribution in [0.3, 0.4) is 0 Å². The molecule has 0 spiro atoms. The molecule has 1 atom stereocenters. The zero-order chi connectivity index (χ0) is 21.8. The summed E-state index contributed by atoms with van der Waals surface area (Å²) in [6.07, 6.45) is 3.17. The molecule has 164 valence electrons. The molecular formula is C25H31N3O2S. The van der Waals surface area contributed by atoms with Gasteiger partial charge in [0.1, 0.15) is 5.69 Å². The van der Waals surface area contributed by atoms with Crippen LogP contribution in [0.4, 0.5) is 5.88 Å². The van der Waals surface area contributed by atoms with Crippen LogP contribution in [0.1, 0.15) is 55.3 Å². The molecule has 5 nitrogen and oxygen atoms in total. The van der Waals surface area contributed by atoms with Gasteiger partial charge in [-0.2, -0.15) is 0 Å². The van der Waals surface area contributed by atoms with Gasteiger partial charge in [-0.15, -0.1) is 11.3 Å². The zero-order valence-corrected chi connectivity index (χ0v) is 19.4. The van der Waals surface area contributed by atoms with Gasteiger partial charge in [-0.05, 0) is 43.6 Å². The van der Waals surface area contributed by atoms with Gasteiger partial charge in [0, 0.05) is 24.7 Å². The van der Waals surface area contributed by atoms with E-state index in [1.807, 2.05) is 40.6 Å². The molecule has 2 aromatic heterocycles. The fraction of sp³-hybridized carbons (Fsp3) is 0.440. The second-order valence-electron chi connectivity index (χ2n) is 8.52. The van der Waals surface area contributed by atoms with E-state index in [9.17, 15) is 4.79 Å². The smallest absolute Gasteiger partial charge is 0.264 e. The first kappa shape index (κ1) is 21.6. The zero-order valence-electron chi connectivity index (χ0n) is 18.6. The molecule has 0 aliphatic carbocycles. The van der Waals surface area contributed by atoms with Crippen LogP contribution in [0.15, 0.2) is 52.4 Å². The number of thiophene rings is 1. The number of rotatable bonds is 7. The number of aromatic nitrogens is 1. The van der Waals surface area contributed by atoms with Crippen molar-refractivity contribution in [3.8, 4) is 11.3 Å². The van der Waals surface area contributed by atoms with Gasteiger partial charge >= 0.3 is 0 Å². The molecule has 1 fully saturated rings. The van der Waals surface area contributed by atoms with Gasteiger partial charge in [-0.1, -0.05) is 55.4 Å². The Morgan fingerprint density at radius 1 is 1.23 bits per heavy atom. The highest BCUT2D eigenvalue weighted by Gasteiger charge is 2.30. The maximum atomic E-state index is 13.4. The van der Waals surface area contributed by atoms with Gasteiger partial charge in [0.2, 0.25) is 5.88 Å². The standard InChI is InChI=1S/C25H31N3O2S/c1-4-19(3)28(24(29)22-11-8-16-31-22)17-21-23(20-9-6-5-7-10-20)26-30-25(21)27-14-12-18(2)13-15-27/h5-11,16,18-19H,4,12-15,17H2,1-3H3/t19-/m0/s1. The minimum Gasteiger partial charge on any atom is -0.340 e. The Kier molecular flexibility index (Phi) is 6.76. The topological polar surface area (TPSA) is 49.6 Å². The molecule has 1 saturated heterocycles. The summed E-state index contributed by atoms with van der Waals surface area (Å²) in [7, 11) is 0. The van der Waals surface area contributed by atoms with E-state index in [0.29, 0.717) is 6.54 Å². The Morgan fingerprint density at radius 3 is 2.61 bits per heavy atom. The summed E-state index contributed by atoms with van der Waals surface area (Å²) in [6, 6.07) is 14.1. The van der Waals surface area contributed by atoms with Crippen molar-refractivity contribution in [1.82, 2.24) is 10.1 Å². The van der Waals surface area contributed by atoms with Crippen LogP contribution in [0.5, 0.6) is 0 Å². The van der Waals surface area contributed by atoms with Gasteiger partial charge < -0.3 is 14.3 Å². The molecule has 3 heterocycles. The fourth-order valence-corrected chi connectivity index (χ4v) is 4.77. The van der Waals surface area contributed by atoms with Crippen molar-refractivity contribution in [2.45, 2.75) is 52.6 Å². The van der Waals surface area contributed by atoms with Crippen LogP contribution in [-0.2, 0) is 6.54 Å². The molecule has 0 saturated carbocycles. The summed E-state index contributed by atoms with van der Waals surface area (Å²) in [5.41, 5.74) is 2.86. The first-order valence-corrected chi connectivity index (χ1v) is 12.1. The predicted octanol–water partition coefficient (Wildman–Crippen LogP) is 6.08. The summed E-state index contributed by atoms with van der Waals surface area (Å²) in [6.45, 7) is 8.94. The van der Waals surface area contributed by atoms with Crippen molar-refractivity contribution in [2.24, 2.45) is 5.92 Å². The number of carbonyl (C=O) groups is 1. The summed E-state index contributed by atoms with van der Waals surface area (Å²) < 4.78 is 5.95. The lowest BCUT2D eigenvalue weighted by molar-refractivity contribution is 0.0677. The van der Waals surface area contributed by atoms with Crippen molar-refractivity contribution in [3.05, 3.63) is 58.3 Å². The number of hydrogen-bond donors (Lipinski definition) is 0. The Hall–Kier alpha value is -2.60. The second kappa shape index (κ2) is 9.69. The lowest BCUT2D eigenvalue weighted by Gasteiger charge is -2.32. The number of hydrogen-bond acceptors (Lipinski definition) is 5. The number of amides is 1. The van der Waals surface area contributed by atoms with Gasteiger partial charge in [0.25, 0.3) is 5.91 Å². The lowest BCUT2D eigenvalue weighted by atomic mass is 9.98. The SMILES string of the molecule is CC[C@H](C)N(Cc1c(-c2ccccc2)noc1N1CCC(C)CC1)C(=O)c1cccs1. The van der Waals surface area contributed by atoms with Crippen molar-refractivity contribution < 1.29 is 9.32 Å². The Morgan fingerprint density at radius 2 is 1.97 bits per heavy atom. The summed E-state index contributed by atoms with van der Waals surface area (Å²) >= 11 is 1.49. The van der Waals surface area contributed by atoms with Gasteiger partial charge in [-0.25, -0.2) is 0 Å². The average Bonchev–Trinajstić information content (AvgIpc) is 3.48. The highest BCUT2D eigenvalue weighted by Crippen LogP contribution is 2.35. The van der Waals surface area contributed by atoms with Crippen LogP contribution < -0.4 is 4.90 Å². The van der Waals surface area contributed by atoms with E-state index in [2.05, 4.69) is 43.0 Å². The van der Waals surface area contributed by atoms with E-state index >= 15 is 0 Å². The van der Waals surface area contributed by atoms with E-state index in [1.165, 1.54) is 11.3 Å². The summed E-state index contributed by atoms with van der Waals surface area (Å²) in [4.78, 5) is 18.4. The molecule has 1 aliphatic heterocycles. The number of carbonyl (C=O) groups excluding carboxylic acids is 1. The monoisotopic (exact) mass is 437 g/mol. The maximum Gasteiger partial charge on any atom is 0.264 e. The van der Waals surface area contributed by atoms with E-state index < -0.39 is 0 Å². The third-order valence-electron chi connectivity index (χ3n) is 6.33. The Bertz CT molecular complexity index is 976. The molecule has 0 N–H and O–H groups in total. The third kappa shape index (κ3) is 4.69. The normalized spacial score (nSPS) is 15.8. The van der Waals surface area contributed by atoms with Crippen molar-refractivity contribution in [2.75, 3.05) is 18.0 Å². The van der Waals surface area contributed by atoms with E-state index in [-0.39, 0.29) is 11.9 Å². The maximum absolute atomic E-state index is 13.4. The van der Waals surface area contributed by atoms with Gasteiger partial charge in [0.15, 0.2) is 0 Å². The predicted molar refractivity (Wildman–Crippen MR) is 126 cm³/mol. The first-order chi connectivity index (χ1) is 15.1. The quantitative estimate of drug-likeness (QED) is 0.449. The number of anilines is 1. The van der Waals surface area contributed by atoms with E-state index in [1.54, 1.807) is 0 Å². The third-order valence-corrected chi connectivity index (χ3v) is 7.19. The lowest BCUT2D eigenvalue weighted by Crippen LogP contribution is -2.38. The number of nitrogens with zero attached hydrogens (tertiary/aromatic N) is 3. The average molecular weight is 438 g/mol. The van der Waals surface area contributed by atoms with E-state index in [4.69, 9.17) is 4.52 Å². The molecule has 3 aromatic rings.